The molecule has 0 spiro atoms. The van der Waals surface area contributed by atoms with Crippen LogP contribution in [0.1, 0.15) is 50.7 Å². The lowest BCUT2D eigenvalue weighted by Gasteiger charge is -2.43. The minimum atomic E-state index is -0.471. The van der Waals surface area contributed by atoms with Gasteiger partial charge in [-0.2, -0.15) is 0 Å². The average molecular weight is 338 g/mol. The van der Waals surface area contributed by atoms with Gasteiger partial charge in [0.2, 0.25) is 0 Å². The van der Waals surface area contributed by atoms with Crippen molar-refractivity contribution in [1.29, 1.82) is 0 Å². The van der Waals surface area contributed by atoms with E-state index in [1.54, 1.807) is 0 Å². The van der Waals surface area contributed by atoms with Gasteiger partial charge in [-0.25, -0.2) is 0 Å². The zero-order valence-electron chi connectivity index (χ0n) is 15.6. The van der Waals surface area contributed by atoms with Crippen LogP contribution in [0.15, 0.2) is 60.7 Å². The van der Waals surface area contributed by atoms with Crippen LogP contribution in [0.25, 0.3) is 0 Å². The Kier molecular flexibility index (Phi) is 5.93. The minimum absolute atomic E-state index is 0.338. The molecule has 1 N–H and O–H groups in total. The van der Waals surface area contributed by atoms with Crippen LogP contribution in [0.2, 0.25) is 0 Å². The highest BCUT2D eigenvalue weighted by Crippen LogP contribution is 2.36. The molecule has 2 aromatic rings. The molecule has 2 aromatic carbocycles. The first-order valence-electron chi connectivity index (χ1n) is 9.61. The molecule has 0 aliphatic heterocycles. The van der Waals surface area contributed by atoms with E-state index >= 15 is 0 Å². The molecule has 1 fully saturated rings. The van der Waals surface area contributed by atoms with E-state index in [1.807, 2.05) is 0 Å². The van der Waals surface area contributed by atoms with Crippen LogP contribution in [0, 0.1) is 5.92 Å². The van der Waals surface area contributed by atoms with E-state index in [1.165, 1.54) is 11.1 Å². The van der Waals surface area contributed by atoms with E-state index in [9.17, 15) is 5.11 Å². The van der Waals surface area contributed by atoms with Gasteiger partial charge in [0, 0.05) is 19.1 Å². The Morgan fingerprint density at radius 3 is 1.72 bits per heavy atom. The van der Waals surface area contributed by atoms with Crippen LogP contribution in [0.5, 0.6) is 0 Å². The molecule has 3 rings (SSSR count). The minimum Gasteiger partial charge on any atom is -0.390 e. The fourth-order valence-electron chi connectivity index (χ4n) is 3.99. The van der Waals surface area contributed by atoms with Gasteiger partial charge in [0.15, 0.2) is 0 Å². The first-order chi connectivity index (χ1) is 12.1. The summed E-state index contributed by atoms with van der Waals surface area (Å²) in [6.45, 7) is 6.24. The van der Waals surface area contributed by atoms with E-state index in [4.69, 9.17) is 0 Å². The van der Waals surface area contributed by atoms with E-state index in [0.29, 0.717) is 12.0 Å². The summed E-state index contributed by atoms with van der Waals surface area (Å²) < 4.78 is 0. The third-order valence-corrected chi connectivity index (χ3v) is 5.87. The molecule has 1 saturated carbocycles. The van der Waals surface area contributed by atoms with Crippen molar-refractivity contribution >= 4 is 0 Å². The molecule has 0 bridgehead atoms. The first kappa shape index (κ1) is 18.2. The van der Waals surface area contributed by atoms with Crippen molar-refractivity contribution in [2.45, 2.75) is 64.3 Å². The second-order valence-electron chi connectivity index (χ2n) is 7.87. The van der Waals surface area contributed by atoms with E-state index in [-0.39, 0.29) is 0 Å². The largest absolute Gasteiger partial charge is 0.390 e. The fraction of sp³-hybridized carbons (Fsp3) is 0.478. The Hall–Kier alpha value is -1.64. The molecule has 1 aliphatic rings. The summed E-state index contributed by atoms with van der Waals surface area (Å²) in [6, 6.07) is 22.0. The Labute approximate surface area is 152 Å². The molecule has 0 radical (unpaired) electrons. The molecule has 0 aromatic heterocycles. The molecule has 1 aliphatic carbocycles. The maximum Gasteiger partial charge on any atom is 0.0671 e. The summed E-state index contributed by atoms with van der Waals surface area (Å²) in [7, 11) is 0. The molecular weight excluding hydrogens is 306 g/mol. The van der Waals surface area contributed by atoms with Crippen LogP contribution < -0.4 is 0 Å². The normalized spacial score (nSPS) is 24.0. The van der Waals surface area contributed by atoms with Gasteiger partial charge in [-0.1, -0.05) is 74.5 Å². The first-order valence-corrected chi connectivity index (χ1v) is 9.61. The average Bonchev–Trinajstić information content (AvgIpc) is 2.63. The highest BCUT2D eigenvalue weighted by atomic mass is 16.3. The number of benzene rings is 2. The molecule has 0 saturated heterocycles. The molecule has 0 atom stereocenters. The van der Waals surface area contributed by atoms with Crippen molar-refractivity contribution in [2.24, 2.45) is 5.92 Å². The van der Waals surface area contributed by atoms with Crippen molar-refractivity contribution < 1.29 is 5.11 Å². The number of nitrogens with zero attached hydrogens (tertiary/aromatic N) is 1. The number of hydrogen-bond donors (Lipinski definition) is 1. The maximum absolute atomic E-state index is 10.8. The molecule has 134 valence electrons. The molecule has 2 nitrogen and oxygen atoms in total. The van der Waals surface area contributed by atoms with Crippen LogP contribution >= 0.6 is 0 Å². The highest BCUT2D eigenvalue weighted by Gasteiger charge is 2.37. The lowest BCUT2D eigenvalue weighted by atomic mass is 9.75. The van der Waals surface area contributed by atoms with Gasteiger partial charge in [0.05, 0.1) is 5.60 Å². The summed E-state index contributed by atoms with van der Waals surface area (Å²) in [5.41, 5.74) is 2.26. The third kappa shape index (κ3) is 4.71. The lowest BCUT2D eigenvalue weighted by Crippen LogP contribution is -2.45. The number of hydrogen-bond acceptors (Lipinski definition) is 2. The predicted molar refractivity (Wildman–Crippen MR) is 104 cm³/mol. The van der Waals surface area contributed by atoms with Gasteiger partial charge in [-0.05, 0) is 42.7 Å². The molecule has 0 heterocycles. The van der Waals surface area contributed by atoms with Gasteiger partial charge >= 0.3 is 0 Å². The summed E-state index contributed by atoms with van der Waals surface area (Å²) in [4.78, 5) is 2.60. The van der Waals surface area contributed by atoms with Crippen LogP contribution in [0.4, 0.5) is 0 Å². The van der Waals surface area contributed by atoms with E-state index < -0.39 is 5.60 Å². The van der Waals surface area contributed by atoms with Crippen LogP contribution in [-0.4, -0.2) is 21.6 Å². The Morgan fingerprint density at radius 1 is 0.880 bits per heavy atom. The van der Waals surface area contributed by atoms with E-state index in [2.05, 4.69) is 79.4 Å². The smallest absolute Gasteiger partial charge is 0.0671 e. The van der Waals surface area contributed by atoms with Crippen molar-refractivity contribution in [3.05, 3.63) is 71.8 Å². The Bertz CT molecular complexity index is 588. The van der Waals surface area contributed by atoms with Crippen molar-refractivity contribution in [1.82, 2.24) is 4.90 Å². The third-order valence-electron chi connectivity index (χ3n) is 5.87. The second kappa shape index (κ2) is 8.16. The summed E-state index contributed by atoms with van der Waals surface area (Å²) in [5.74, 6) is 0.338. The van der Waals surface area contributed by atoms with Gasteiger partial charge in [-0.15, -0.1) is 0 Å². The van der Waals surface area contributed by atoms with Crippen LogP contribution in [-0.2, 0) is 13.1 Å². The van der Waals surface area contributed by atoms with Crippen molar-refractivity contribution in [3.8, 4) is 0 Å². The zero-order chi connectivity index (χ0) is 17.7. The number of rotatable bonds is 6. The zero-order valence-corrected chi connectivity index (χ0v) is 15.6. The van der Waals surface area contributed by atoms with Gasteiger partial charge in [0.25, 0.3) is 0 Å². The summed E-state index contributed by atoms with van der Waals surface area (Å²) in [5, 5.41) is 10.8. The quantitative estimate of drug-likeness (QED) is 0.800. The molecular formula is C23H31NO. The topological polar surface area (TPSA) is 23.5 Å². The van der Waals surface area contributed by atoms with Crippen LogP contribution in [0.3, 0.4) is 0 Å². The monoisotopic (exact) mass is 337 g/mol. The highest BCUT2D eigenvalue weighted by molar-refractivity contribution is 5.17. The van der Waals surface area contributed by atoms with E-state index in [0.717, 1.165) is 38.8 Å². The molecule has 0 amide bonds. The maximum atomic E-state index is 10.8. The Morgan fingerprint density at radius 2 is 1.32 bits per heavy atom. The standard InChI is InChI=1S/C23H31NO/c1-19(2)23(25)15-13-22(14-16-23)24(17-20-9-5-3-6-10-20)18-21-11-7-4-8-12-21/h3-12,19,22,25H,13-18H2,1-2H3. The second-order valence-corrected chi connectivity index (χ2v) is 7.87. The predicted octanol–water partition coefficient (Wildman–Crippen LogP) is 5.02. The summed E-state index contributed by atoms with van der Waals surface area (Å²) in [6.07, 6.45) is 3.98. The summed E-state index contributed by atoms with van der Waals surface area (Å²) >= 11 is 0. The van der Waals surface area contributed by atoms with Crippen molar-refractivity contribution in [2.75, 3.05) is 0 Å². The van der Waals surface area contributed by atoms with Gasteiger partial charge < -0.3 is 5.11 Å². The Balaban J connectivity index is 1.72. The SMILES string of the molecule is CC(C)C1(O)CCC(N(Cc2ccccc2)Cc2ccccc2)CC1. The van der Waals surface area contributed by atoms with Crippen molar-refractivity contribution in [3.63, 3.8) is 0 Å². The van der Waals surface area contributed by atoms with Gasteiger partial charge in [0.1, 0.15) is 0 Å². The number of aliphatic hydroxyl groups is 1. The molecule has 2 heteroatoms. The molecule has 25 heavy (non-hydrogen) atoms. The van der Waals surface area contributed by atoms with Gasteiger partial charge in [-0.3, -0.25) is 4.90 Å². The lowest BCUT2D eigenvalue weighted by molar-refractivity contribution is -0.0569. The molecule has 0 unspecified atom stereocenters. The fourth-order valence-corrected chi connectivity index (χ4v) is 3.99.